The van der Waals surface area contributed by atoms with Crippen molar-refractivity contribution >= 4 is 28.6 Å². The van der Waals surface area contributed by atoms with Gasteiger partial charge in [-0.05, 0) is 6.07 Å². The minimum Gasteiger partial charge on any atom is -0.396 e. The van der Waals surface area contributed by atoms with Crippen LogP contribution in [0.25, 0.3) is 6.08 Å². The molecule has 0 atom stereocenters. The van der Waals surface area contributed by atoms with Crippen LogP contribution in [0.5, 0.6) is 0 Å². The van der Waals surface area contributed by atoms with Gasteiger partial charge in [-0.15, -0.1) is 0 Å². The first-order chi connectivity index (χ1) is 7.50. The van der Waals surface area contributed by atoms with E-state index in [1.165, 1.54) is 13.0 Å². The van der Waals surface area contributed by atoms with Gasteiger partial charge in [-0.1, -0.05) is 23.9 Å². The fourth-order valence-corrected chi connectivity index (χ4v) is 1.47. The van der Waals surface area contributed by atoms with Crippen molar-refractivity contribution in [3.8, 4) is 0 Å². The quantitative estimate of drug-likeness (QED) is 0.830. The van der Waals surface area contributed by atoms with Crippen LogP contribution in [-0.4, -0.2) is 10.9 Å². The van der Waals surface area contributed by atoms with Crippen molar-refractivity contribution in [2.45, 2.75) is 6.92 Å². The Bertz CT molecular complexity index is 432. The maximum absolute atomic E-state index is 13.2. The largest absolute Gasteiger partial charge is 0.396 e. The molecule has 0 fully saturated rings. The number of hydrogen-bond donors (Lipinski definition) is 1. The molecule has 0 aromatic heterocycles. The van der Waals surface area contributed by atoms with E-state index < -0.39 is 11.6 Å². The topological polar surface area (TPSA) is 43.1 Å². The van der Waals surface area contributed by atoms with Crippen LogP contribution in [0.3, 0.4) is 0 Å². The van der Waals surface area contributed by atoms with Gasteiger partial charge in [0, 0.05) is 24.3 Å². The van der Waals surface area contributed by atoms with Crippen LogP contribution in [0.15, 0.2) is 18.2 Å². The lowest BCUT2D eigenvalue weighted by Gasteiger charge is -2.00. The highest BCUT2D eigenvalue weighted by atomic mass is 32.2. The minimum atomic E-state index is -0.653. The number of rotatable bonds is 3. The van der Waals surface area contributed by atoms with Gasteiger partial charge >= 0.3 is 0 Å². The maximum atomic E-state index is 13.2. The van der Waals surface area contributed by atoms with Crippen molar-refractivity contribution in [3.63, 3.8) is 0 Å². The van der Waals surface area contributed by atoms with Gasteiger partial charge in [0.05, 0.1) is 5.69 Å². The molecule has 0 amide bonds. The Hall–Kier alpha value is -1.36. The zero-order valence-electron chi connectivity index (χ0n) is 8.67. The van der Waals surface area contributed by atoms with E-state index in [4.69, 9.17) is 5.73 Å². The number of hydrogen-bond acceptors (Lipinski definition) is 3. The monoisotopic (exact) mass is 243 g/mol. The van der Waals surface area contributed by atoms with Gasteiger partial charge in [0.25, 0.3) is 0 Å². The fraction of sp³-hybridized carbons (Fsp3) is 0.182. The lowest BCUT2D eigenvalue weighted by Crippen LogP contribution is -1.94. The Labute approximate surface area is 96.5 Å². The van der Waals surface area contributed by atoms with E-state index >= 15 is 0 Å². The van der Waals surface area contributed by atoms with Crippen LogP contribution in [-0.2, 0) is 4.79 Å². The summed E-state index contributed by atoms with van der Waals surface area (Å²) in [7, 11) is 0. The second kappa shape index (κ2) is 5.65. The van der Waals surface area contributed by atoms with E-state index in [9.17, 15) is 13.6 Å². The molecule has 5 heteroatoms. The molecule has 2 N–H and O–H groups in total. The van der Waals surface area contributed by atoms with Crippen LogP contribution < -0.4 is 5.73 Å². The number of benzene rings is 1. The first-order valence-corrected chi connectivity index (χ1v) is 5.53. The highest BCUT2D eigenvalue weighted by Gasteiger charge is 2.04. The van der Waals surface area contributed by atoms with E-state index in [1.54, 1.807) is 6.08 Å². The summed E-state index contributed by atoms with van der Waals surface area (Å²) < 4.78 is 26.3. The van der Waals surface area contributed by atoms with Gasteiger partial charge in [-0.2, -0.15) is 0 Å². The van der Waals surface area contributed by atoms with Gasteiger partial charge in [0.2, 0.25) is 0 Å². The summed E-state index contributed by atoms with van der Waals surface area (Å²) in [6.45, 7) is 1.45. The molecule has 0 aliphatic heterocycles. The first kappa shape index (κ1) is 12.7. The zero-order chi connectivity index (χ0) is 12.1. The summed E-state index contributed by atoms with van der Waals surface area (Å²) in [6.07, 6.45) is 3.02. The van der Waals surface area contributed by atoms with E-state index in [2.05, 4.69) is 0 Å². The molecule has 86 valence electrons. The number of halogens is 2. The van der Waals surface area contributed by atoms with Crippen LogP contribution in [0.4, 0.5) is 14.5 Å². The molecular formula is C11H11F2NOS. The molecule has 0 saturated heterocycles. The molecule has 0 bridgehead atoms. The number of anilines is 1. The summed E-state index contributed by atoms with van der Waals surface area (Å²) in [5.74, 6) is -0.802. The molecule has 16 heavy (non-hydrogen) atoms. The number of thioether (sulfide) groups is 1. The second-order valence-corrected chi connectivity index (χ2v) is 4.30. The van der Waals surface area contributed by atoms with Gasteiger partial charge in [0.1, 0.15) is 11.6 Å². The molecule has 0 unspecified atom stereocenters. The Morgan fingerprint density at radius 1 is 1.44 bits per heavy atom. The number of nitrogen functional groups attached to an aromatic ring is 1. The molecule has 0 aliphatic rings. The van der Waals surface area contributed by atoms with Crippen molar-refractivity contribution in [1.29, 1.82) is 0 Å². The molecule has 1 aromatic rings. The van der Waals surface area contributed by atoms with Crippen LogP contribution in [0.1, 0.15) is 12.5 Å². The summed E-state index contributed by atoms with van der Waals surface area (Å²) in [5.41, 5.74) is 5.10. The summed E-state index contributed by atoms with van der Waals surface area (Å²) >= 11 is 1.10. The predicted octanol–water partition coefficient (Wildman–Crippen LogP) is 2.84. The van der Waals surface area contributed by atoms with E-state index in [-0.39, 0.29) is 16.4 Å². The molecule has 0 spiro atoms. The summed E-state index contributed by atoms with van der Waals surface area (Å²) in [6, 6.07) is 1.97. The molecular weight excluding hydrogens is 232 g/mol. The fourth-order valence-electron chi connectivity index (χ4n) is 1.05. The summed E-state index contributed by atoms with van der Waals surface area (Å²) in [4.78, 5) is 10.6. The van der Waals surface area contributed by atoms with E-state index in [1.807, 2.05) is 0 Å². The molecule has 0 heterocycles. The number of carbonyl (C=O) groups excluding carboxylic acids is 1. The maximum Gasteiger partial charge on any atom is 0.186 e. The molecule has 0 radical (unpaired) electrons. The zero-order valence-corrected chi connectivity index (χ0v) is 9.48. The molecule has 2 nitrogen and oxygen atoms in total. The number of carbonyl (C=O) groups is 1. The highest BCUT2D eigenvalue weighted by molar-refractivity contribution is 8.13. The van der Waals surface area contributed by atoms with Crippen molar-refractivity contribution in [2.75, 3.05) is 11.5 Å². The highest BCUT2D eigenvalue weighted by Crippen LogP contribution is 2.18. The third-order valence-electron chi connectivity index (χ3n) is 1.80. The van der Waals surface area contributed by atoms with Crippen LogP contribution in [0, 0.1) is 11.6 Å². The van der Waals surface area contributed by atoms with Crippen LogP contribution >= 0.6 is 11.8 Å². The lowest BCUT2D eigenvalue weighted by atomic mass is 10.1. The third-order valence-corrected chi connectivity index (χ3v) is 2.56. The molecule has 1 aromatic carbocycles. The van der Waals surface area contributed by atoms with Crippen molar-refractivity contribution in [1.82, 2.24) is 0 Å². The average Bonchev–Trinajstić information content (AvgIpc) is 2.19. The van der Waals surface area contributed by atoms with Gasteiger partial charge in [0.15, 0.2) is 5.12 Å². The first-order valence-electron chi connectivity index (χ1n) is 4.55. The molecule has 1 rings (SSSR count). The summed E-state index contributed by atoms with van der Waals surface area (Å²) in [5, 5.41) is -0.0198. The Morgan fingerprint density at radius 3 is 2.75 bits per heavy atom. The van der Waals surface area contributed by atoms with Crippen molar-refractivity contribution < 1.29 is 13.6 Å². The SMILES string of the molecule is CC(=O)SCC=Cc1cc(F)c(N)cc1F. The van der Waals surface area contributed by atoms with Crippen molar-refractivity contribution in [2.24, 2.45) is 0 Å². The smallest absolute Gasteiger partial charge is 0.186 e. The Kier molecular flexibility index (Phi) is 4.49. The predicted molar refractivity (Wildman–Crippen MR) is 62.9 cm³/mol. The lowest BCUT2D eigenvalue weighted by molar-refractivity contribution is -0.109. The van der Waals surface area contributed by atoms with Gasteiger partial charge in [-0.25, -0.2) is 8.78 Å². The third kappa shape index (κ3) is 3.66. The van der Waals surface area contributed by atoms with E-state index in [0.717, 1.165) is 23.9 Å². The number of nitrogens with two attached hydrogens (primary N) is 1. The minimum absolute atomic E-state index is 0.0198. The Morgan fingerprint density at radius 2 is 2.12 bits per heavy atom. The second-order valence-electron chi connectivity index (χ2n) is 3.10. The van der Waals surface area contributed by atoms with Gasteiger partial charge < -0.3 is 5.73 Å². The van der Waals surface area contributed by atoms with E-state index in [0.29, 0.717) is 5.75 Å². The normalized spacial score (nSPS) is 10.9. The standard InChI is InChI=1S/C11H11F2NOS/c1-7(15)16-4-2-3-8-5-10(13)11(14)6-9(8)12/h2-3,5-6H,4,14H2,1H3. The van der Waals surface area contributed by atoms with Crippen molar-refractivity contribution in [3.05, 3.63) is 35.4 Å². The molecule has 0 aliphatic carbocycles. The van der Waals surface area contributed by atoms with Crippen LogP contribution in [0.2, 0.25) is 0 Å². The Balaban J connectivity index is 2.73. The van der Waals surface area contributed by atoms with Gasteiger partial charge in [-0.3, -0.25) is 4.79 Å². The average molecular weight is 243 g/mol. The molecule has 0 saturated carbocycles.